The number of aromatic nitrogens is 4. The van der Waals surface area contributed by atoms with E-state index >= 15 is 0 Å². The van der Waals surface area contributed by atoms with E-state index in [0.717, 1.165) is 5.56 Å². The van der Waals surface area contributed by atoms with Gasteiger partial charge in [-0.2, -0.15) is 0 Å². The fourth-order valence-electron chi connectivity index (χ4n) is 3.42. The lowest BCUT2D eigenvalue weighted by Crippen LogP contribution is -2.33. The standard InChI is InChI=1S/C19H23N5O6/c1-27-11-4-3-10(5-12(11)28-2)6-29-7-13-15(25)16(26)19(30-13)24-9-23-14-17(20)21-8-22-18(14)24/h3-5,8-9,13,15-16,19,25-26H,6-7H2,1-2H3,(H2,20,21,22)/t13-,15-,16-,19-/m1/s1. The number of aliphatic hydroxyl groups excluding tert-OH is 2. The van der Waals surface area contributed by atoms with Crippen LogP contribution in [0.25, 0.3) is 11.2 Å². The summed E-state index contributed by atoms with van der Waals surface area (Å²) in [6, 6.07) is 5.45. The molecule has 1 aliphatic heterocycles. The molecule has 4 atom stereocenters. The summed E-state index contributed by atoms with van der Waals surface area (Å²) in [7, 11) is 3.13. The van der Waals surface area contributed by atoms with E-state index in [0.29, 0.717) is 22.7 Å². The Bertz CT molecular complexity index is 1030. The molecule has 0 radical (unpaired) electrons. The topological polar surface area (TPSA) is 147 Å². The number of aliphatic hydroxyl groups is 2. The molecular formula is C19H23N5O6. The van der Waals surface area contributed by atoms with Gasteiger partial charge >= 0.3 is 0 Å². The van der Waals surface area contributed by atoms with E-state index in [2.05, 4.69) is 15.0 Å². The molecule has 160 valence electrons. The van der Waals surface area contributed by atoms with Gasteiger partial charge in [-0.1, -0.05) is 6.07 Å². The monoisotopic (exact) mass is 417 g/mol. The van der Waals surface area contributed by atoms with E-state index in [9.17, 15) is 10.2 Å². The summed E-state index contributed by atoms with van der Waals surface area (Å²) >= 11 is 0. The zero-order valence-electron chi connectivity index (χ0n) is 16.5. The summed E-state index contributed by atoms with van der Waals surface area (Å²) in [4.78, 5) is 12.2. The molecule has 0 bridgehead atoms. The highest BCUT2D eigenvalue weighted by atomic mass is 16.6. The number of anilines is 1. The van der Waals surface area contributed by atoms with Crippen LogP contribution in [0, 0.1) is 0 Å². The van der Waals surface area contributed by atoms with Crippen molar-refractivity contribution >= 4 is 17.0 Å². The molecule has 3 aromatic rings. The second kappa shape index (κ2) is 8.40. The predicted molar refractivity (Wildman–Crippen MR) is 105 cm³/mol. The van der Waals surface area contributed by atoms with Gasteiger partial charge in [-0.3, -0.25) is 4.57 Å². The van der Waals surface area contributed by atoms with Crippen molar-refractivity contribution in [3.63, 3.8) is 0 Å². The molecule has 0 spiro atoms. The van der Waals surface area contributed by atoms with Gasteiger partial charge in [0, 0.05) is 0 Å². The fraction of sp³-hybridized carbons (Fsp3) is 0.421. The summed E-state index contributed by atoms with van der Waals surface area (Å²) in [5.74, 6) is 1.44. The van der Waals surface area contributed by atoms with E-state index in [1.54, 1.807) is 20.3 Å². The first-order valence-corrected chi connectivity index (χ1v) is 9.26. The number of nitrogen functional groups attached to an aromatic ring is 1. The second-order valence-electron chi connectivity index (χ2n) is 6.83. The molecule has 3 heterocycles. The number of imidazole rings is 1. The Labute approximate surface area is 172 Å². The van der Waals surface area contributed by atoms with Gasteiger partial charge in [0.25, 0.3) is 0 Å². The van der Waals surface area contributed by atoms with Crippen LogP contribution >= 0.6 is 0 Å². The van der Waals surface area contributed by atoms with Crippen molar-refractivity contribution in [2.24, 2.45) is 0 Å². The van der Waals surface area contributed by atoms with E-state index in [4.69, 9.17) is 24.7 Å². The van der Waals surface area contributed by atoms with Gasteiger partial charge in [-0.15, -0.1) is 0 Å². The Morgan fingerprint density at radius 1 is 1.10 bits per heavy atom. The summed E-state index contributed by atoms with van der Waals surface area (Å²) in [6.45, 7) is 0.346. The first kappa shape index (κ1) is 20.3. The number of hydrogen-bond acceptors (Lipinski definition) is 10. The van der Waals surface area contributed by atoms with Crippen LogP contribution in [-0.4, -0.2) is 68.9 Å². The Morgan fingerprint density at radius 3 is 2.67 bits per heavy atom. The van der Waals surface area contributed by atoms with Crippen molar-refractivity contribution in [2.45, 2.75) is 31.1 Å². The third-order valence-electron chi connectivity index (χ3n) is 5.00. The number of fused-ring (bicyclic) bond motifs is 1. The second-order valence-corrected chi connectivity index (χ2v) is 6.83. The first-order chi connectivity index (χ1) is 14.5. The highest BCUT2D eigenvalue weighted by molar-refractivity contribution is 5.81. The first-order valence-electron chi connectivity index (χ1n) is 9.26. The van der Waals surface area contributed by atoms with Crippen LogP contribution in [0.5, 0.6) is 11.5 Å². The van der Waals surface area contributed by atoms with Gasteiger partial charge in [-0.25, -0.2) is 15.0 Å². The lowest BCUT2D eigenvalue weighted by Gasteiger charge is -2.16. The van der Waals surface area contributed by atoms with Gasteiger partial charge in [0.2, 0.25) is 0 Å². The third kappa shape index (κ3) is 3.63. The summed E-state index contributed by atoms with van der Waals surface area (Å²) < 4.78 is 23.6. The van der Waals surface area contributed by atoms with Gasteiger partial charge < -0.3 is 34.9 Å². The quantitative estimate of drug-likeness (QED) is 0.489. The van der Waals surface area contributed by atoms with Crippen molar-refractivity contribution < 1.29 is 29.2 Å². The van der Waals surface area contributed by atoms with E-state index in [-0.39, 0.29) is 19.0 Å². The number of nitrogens with two attached hydrogens (primary N) is 1. The third-order valence-corrected chi connectivity index (χ3v) is 5.00. The zero-order chi connectivity index (χ0) is 21.3. The molecule has 1 saturated heterocycles. The van der Waals surface area contributed by atoms with Crippen LogP contribution in [0.15, 0.2) is 30.9 Å². The van der Waals surface area contributed by atoms with Crippen molar-refractivity contribution in [3.8, 4) is 11.5 Å². The maximum absolute atomic E-state index is 10.5. The van der Waals surface area contributed by atoms with Crippen LogP contribution in [0.1, 0.15) is 11.8 Å². The largest absolute Gasteiger partial charge is 0.493 e. The number of nitrogens with zero attached hydrogens (tertiary/aromatic N) is 4. The lowest BCUT2D eigenvalue weighted by atomic mass is 10.1. The van der Waals surface area contributed by atoms with Crippen molar-refractivity contribution in [1.82, 2.24) is 19.5 Å². The minimum absolute atomic E-state index is 0.0762. The van der Waals surface area contributed by atoms with E-state index in [1.165, 1.54) is 17.2 Å². The Kier molecular flexibility index (Phi) is 5.68. The van der Waals surface area contributed by atoms with E-state index < -0.39 is 24.5 Å². The molecule has 11 heteroatoms. The zero-order valence-corrected chi connectivity index (χ0v) is 16.5. The molecule has 11 nitrogen and oxygen atoms in total. The van der Waals surface area contributed by atoms with Gasteiger partial charge in [0.15, 0.2) is 29.2 Å². The van der Waals surface area contributed by atoms with Crippen LogP contribution in [-0.2, 0) is 16.1 Å². The molecule has 0 saturated carbocycles. The molecule has 0 unspecified atom stereocenters. The maximum atomic E-state index is 10.5. The Hall–Kier alpha value is -2.99. The lowest BCUT2D eigenvalue weighted by molar-refractivity contribution is -0.0682. The van der Waals surface area contributed by atoms with Crippen molar-refractivity contribution in [3.05, 3.63) is 36.4 Å². The molecule has 1 fully saturated rings. The minimum atomic E-state index is -1.19. The number of benzene rings is 1. The SMILES string of the molecule is COc1ccc(COC[C@H]2O[C@@H](n3cnc4c(N)ncnc43)[C@H](O)[C@@H]2O)cc1OC. The van der Waals surface area contributed by atoms with Gasteiger partial charge in [0.1, 0.15) is 30.2 Å². The number of ether oxygens (including phenoxy) is 4. The fourth-order valence-corrected chi connectivity index (χ4v) is 3.42. The summed E-state index contributed by atoms with van der Waals surface area (Å²) in [5, 5.41) is 20.9. The summed E-state index contributed by atoms with van der Waals surface area (Å²) in [6.07, 6.45) is -1.19. The maximum Gasteiger partial charge on any atom is 0.167 e. The normalized spacial score (nSPS) is 23.7. The van der Waals surface area contributed by atoms with Crippen LogP contribution in [0.3, 0.4) is 0 Å². The van der Waals surface area contributed by atoms with Crippen molar-refractivity contribution in [2.75, 3.05) is 26.6 Å². The molecule has 2 aromatic heterocycles. The molecule has 4 rings (SSSR count). The molecule has 4 N–H and O–H groups in total. The molecule has 30 heavy (non-hydrogen) atoms. The number of hydrogen-bond donors (Lipinski definition) is 3. The minimum Gasteiger partial charge on any atom is -0.493 e. The molecular weight excluding hydrogens is 394 g/mol. The number of methoxy groups -OCH3 is 2. The highest BCUT2D eigenvalue weighted by Gasteiger charge is 2.44. The predicted octanol–water partition coefficient (Wildman–Crippen LogP) is 0.262. The Morgan fingerprint density at radius 2 is 1.90 bits per heavy atom. The van der Waals surface area contributed by atoms with Gasteiger partial charge in [0.05, 0.1) is 33.8 Å². The van der Waals surface area contributed by atoms with Crippen LogP contribution in [0.4, 0.5) is 5.82 Å². The average molecular weight is 417 g/mol. The Balaban J connectivity index is 1.42. The van der Waals surface area contributed by atoms with Gasteiger partial charge in [-0.05, 0) is 17.7 Å². The average Bonchev–Trinajstić information content (AvgIpc) is 3.31. The smallest absolute Gasteiger partial charge is 0.167 e. The molecule has 0 aliphatic carbocycles. The van der Waals surface area contributed by atoms with E-state index in [1.807, 2.05) is 12.1 Å². The highest BCUT2D eigenvalue weighted by Crippen LogP contribution is 2.32. The van der Waals surface area contributed by atoms with Crippen LogP contribution < -0.4 is 15.2 Å². The van der Waals surface area contributed by atoms with Crippen molar-refractivity contribution in [1.29, 1.82) is 0 Å². The number of rotatable bonds is 7. The summed E-state index contributed by atoms with van der Waals surface area (Å²) in [5.41, 5.74) is 7.47. The molecule has 1 aliphatic rings. The molecule has 1 aromatic carbocycles. The van der Waals surface area contributed by atoms with Crippen LogP contribution in [0.2, 0.25) is 0 Å². The molecule has 0 amide bonds.